The van der Waals surface area contributed by atoms with Gasteiger partial charge < -0.3 is 9.47 Å². The standard InChI is InChI=1S/C17H25ClO2/c1-6-13(9-15-12(5)20-15)16-11(4)14(18)8-10(3)17(16)19-7-2/h8,12-13,15H,6-7,9H2,1-5H3. The van der Waals surface area contributed by atoms with Crippen molar-refractivity contribution in [2.75, 3.05) is 6.61 Å². The van der Waals surface area contributed by atoms with Gasteiger partial charge in [0, 0.05) is 10.6 Å². The van der Waals surface area contributed by atoms with Gasteiger partial charge in [0.1, 0.15) is 5.75 Å². The molecule has 2 rings (SSSR count). The summed E-state index contributed by atoms with van der Waals surface area (Å²) in [6.07, 6.45) is 2.93. The molecule has 3 heteroatoms. The third-order valence-corrected chi connectivity index (χ3v) is 4.64. The molecule has 0 spiro atoms. The number of hydrogen-bond donors (Lipinski definition) is 0. The van der Waals surface area contributed by atoms with Gasteiger partial charge in [-0.1, -0.05) is 18.5 Å². The van der Waals surface area contributed by atoms with Crippen LogP contribution < -0.4 is 4.74 Å². The summed E-state index contributed by atoms with van der Waals surface area (Å²) in [7, 11) is 0. The van der Waals surface area contributed by atoms with Crippen LogP contribution in [0.4, 0.5) is 0 Å². The Morgan fingerprint density at radius 1 is 1.35 bits per heavy atom. The van der Waals surface area contributed by atoms with Gasteiger partial charge in [0.2, 0.25) is 0 Å². The molecule has 0 aliphatic carbocycles. The Kier molecular flexibility index (Phi) is 4.98. The molecule has 0 N–H and O–H groups in total. The van der Waals surface area contributed by atoms with Crippen molar-refractivity contribution in [1.82, 2.24) is 0 Å². The maximum absolute atomic E-state index is 6.39. The fourth-order valence-electron chi connectivity index (χ4n) is 2.95. The van der Waals surface area contributed by atoms with E-state index in [-0.39, 0.29) is 0 Å². The molecule has 3 atom stereocenters. The van der Waals surface area contributed by atoms with E-state index in [1.54, 1.807) is 0 Å². The van der Waals surface area contributed by atoms with E-state index in [1.165, 1.54) is 5.56 Å². The predicted molar refractivity (Wildman–Crippen MR) is 84.1 cm³/mol. The number of epoxide rings is 1. The van der Waals surface area contributed by atoms with Crippen molar-refractivity contribution >= 4 is 11.6 Å². The number of hydrogen-bond acceptors (Lipinski definition) is 2. The molecule has 1 fully saturated rings. The van der Waals surface area contributed by atoms with Crippen LogP contribution >= 0.6 is 11.6 Å². The monoisotopic (exact) mass is 296 g/mol. The van der Waals surface area contributed by atoms with Crippen LogP contribution in [-0.2, 0) is 4.74 Å². The van der Waals surface area contributed by atoms with Crippen molar-refractivity contribution in [1.29, 1.82) is 0 Å². The molecule has 0 amide bonds. The van der Waals surface area contributed by atoms with Crippen LogP contribution in [-0.4, -0.2) is 18.8 Å². The highest BCUT2D eigenvalue weighted by molar-refractivity contribution is 6.31. The SMILES string of the molecule is CCOc1c(C)cc(Cl)c(C)c1C(CC)CC1OC1C. The molecule has 20 heavy (non-hydrogen) atoms. The first-order valence-electron chi connectivity index (χ1n) is 7.57. The lowest BCUT2D eigenvalue weighted by Gasteiger charge is -2.23. The van der Waals surface area contributed by atoms with Crippen LogP contribution in [0.5, 0.6) is 5.75 Å². The zero-order valence-electron chi connectivity index (χ0n) is 13.1. The first-order chi connectivity index (χ1) is 9.49. The lowest BCUT2D eigenvalue weighted by Crippen LogP contribution is -2.09. The van der Waals surface area contributed by atoms with Crippen molar-refractivity contribution in [2.45, 2.75) is 65.6 Å². The first kappa shape index (κ1) is 15.7. The smallest absolute Gasteiger partial charge is 0.126 e. The lowest BCUT2D eigenvalue weighted by atomic mass is 9.86. The van der Waals surface area contributed by atoms with E-state index in [1.807, 2.05) is 13.0 Å². The van der Waals surface area contributed by atoms with Gasteiger partial charge in [-0.05, 0) is 63.6 Å². The Balaban J connectivity index is 2.39. The van der Waals surface area contributed by atoms with Crippen LogP contribution in [0.2, 0.25) is 5.02 Å². The minimum absolute atomic E-state index is 0.396. The molecule has 112 valence electrons. The van der Waals surface area contributed by atoms with E-state index in [0.29, 0.717) is 24.7 Å². The first-order valence-corrected chi connectivity index (χ1v) is 7.95. The summed E-state index contributed by atoms with van der Waals surface area (Å²) in [4.78, 5) is 0. The van der Waals surface area contributed by atoms with E-state index in [9.17, 15) is 0 Å². The molecule has 1 saturated heterocycles. The molecule has 1 aliphatic heterocycles. The molecule has 0 radical (unpaired) electrons. The second-order valence-electron chi connectivity index (χ2n) is 5.70. The molecule has 1 aromatic rings. The highest BCUT2D eigenvalue weighted by Gasteiger charge is 2.37. The molecule has 3 unspecified atom stereocenters. The van der Waals surface area contributed by atoms with Crippen LogP contribution in [0.3, 0.4) is 0 Å². The molecule has 2 nitrogen and oxygen atoms in total. The Morgan fingerprint density at radius 2 is 2.00 bits per heavy atom. The second-order valence-corrected chi connectivity index (χ2v) is 6.10. The Hall–Kier alpha value is -0.730. The maximum atomic E-state index is 6.39. The number of aryl methyl sites for hydroxylation is 1. The summed E-state index contributed by atoms with van der Waals surface area (Å²) in [6.45, 7) is 11.2. The summed E-state index contributed by atoms with van der Waals surface area (Å²) in [5, 5.41) is 0.837. The summed E-state index contributed by atoms with van der Waals surface area (Å²) >= 11 is 6.39. The van der Waals surface area contributed by atoms with Crippen LogP contribution in [0, 0.1) is 13.8 Å². The highest BCUT2D eigenvalue weighted by Crippen LogP contribution is 2.43. The number of ether oxygens (including phenoxy) is 2. The predicted octanol–water partition coefficient (Wildman–Crippen LogP) is 5.03. The van der Waals surface area contributed by atoms with E-state index in [0.717, 1.165) is 34.7 Å². The average Bonchev–Trinajstić information content (AvgIpc) is 3.10. The zero-order valence-corrected chi connectivity index (χ0v) is 13.9. The van der Waals surface area contributed by atoms with Gasteiger partial charge in [0.05, 0.1) is 18.8 Å². The second kappa shape index (κ2) is 6.36. The minimum atomic E-state index is 0.396. The van der Waals surface area contributed by atoms with Crippen molar-refractivity contribution in [2.24, 2.45) is 0 Å². The summed E-state index contributed by atoms with van der Waals surface area (Å²) in [5.74, 6) is 1.47. The molecule has 1 aromatic carbocycles. The normalized spacial score (nSPS) is 22.7. The maximum Gasteiger partial charge on any atom is 0.126 e. The van der Waals surface area contributed by atoms with Gasteiger partial charge in [-0.15, -0.1) is 0 Å². The fourth-order valence-corrected chi connectivity index (χ4v) is 3.21. The third kappa shape index (κ3) is 3.12. The molecule has 0 saturated carbocycles. The highest BCUT2D eigenvalue weighted by atomic mass is 35.5. The van der Waals surface area contributed by atoms with Gasteiger partial charge in [-0.2, -0.15) is 0 Å². The van der Waals surface area contributed by atoms with Crippen LogP contribution in [0.1, 0.15) is 56.2 Å². The quantitative estimate of drug-likeness (QED) is 0.687. The van der Waals surface area contributed by atoms with E-state index < -0.39 is 0 Å². The van der Waals surface area contributed by atoms with Gasteiger partial charge >= 0.3 is 0 Å². The number of halogens is 1. The third-order valence-electron chi connectivity index (χ3n) is 4.25. The van der Waals surface area contributed by atoms with E-state index >= 15 is 0 Å². The van der Waals surface area contributed by atoms with E-state index in [4.69, 9.17) is 21.1 Å². The Morgan fingerprint density at radius 3 is 2.50 bits per heavy atom. The summed E-state index contributed by atoms with van der Waals surface area (Å²) in [5.41, 5.74) is 3.56. The summed E-state index contributed by atoms with van der Waals surface area (Å²) < 4.78 is 11.5. The van der Waals surface area contributed by atoms with Crippen molar-refractivity contribution in [3.05, 3.63) is 27.8 Å². The van der Waals surface area contributed by atoms with Crippen LogP contribution in [0.25, 0.3) is 0 Å². The summed E-state index contributed by atoms with van der Waals surface area (Å²) in [6, 6.07) is 2.01. The molecular formula is C17H25ClO2. The zero-order chi connectivity index (χ0) is 14.9. The van der Waals surface area contributed by atoms with Gasteiger partial charge in [0.15, 0.2) is 0 Å². The van der Waals surface area contributed by atoms with Crippen molar-refractivity contribution in [3.8, 4) is 5.75 Å². The topological polar surface area (TPSA) is 21.8 Å². The van der Waals surface area contributed by atoms with Gasteiger partial charge in [0.25, 0.3) is 0 Å². The molecular weight excluding hydrogens is 272 g/mol. The molecule has 0 aromatic heterocycles. The Labute approximate surface area is 127 Å². The largest absolute Gasteiger partial charge is 0.493 e. The Bertz CT molecular complexity index is 484. The molecule has 0 bridgehead atoms. The molecule has 1 heterocycles. The van der Waals surface area contributed by atoms with Crippen molar-refractivity contribution < 1.29 is 9.47 Å². The van der Waals surface area contributed by atoms with Crippen LogP contribution in [0.15, 0.2) is 6.07 Å². The number of rotatable bonds is 6. The molecule has 1 aliphatic rings. The van der Waals surface area contributed by atoms with Crippen molar-refractivity contribution in [3.63, 3.8) is 0 Å². The van der Waals surface area contributed by atoms with Gasteiger partial charge in [-0.25, -0.2) is 0 Å². The van der Waals surface area contributed by atoms with Gasteiger partial charge in [-0.3, -0.25) is 0 Å². The minimum Gasteiger partial charge on any atom is -0.493 e. The number of benzene rings is 1. The average molecular weight is 297 g/mol. The fraction of sp³-hybridized carbons (Fsp3) is 0.647. The van der Waals surface area contributed by atoms with E-state index in [2.05, 4.69) is 27.7 Å². The lowest BCUT2D eigenvalue weighted by molar-refractivity contribution is 0.324.